The second-order valence-corrected chi connectivity index (χ2v) is 6.90. The van der Waals surface area contributed by atoms with Gasteiger partial charge in [0.15, 0.2) is 0 Å². The summed E-state index contributed by atoms with van der Waals surface area (Å²) in [5.74, 6) is 8.38. The topological polar surface area (TPSA) is 85.5 Å². The molecule has 0 spiro atoms. The molecule has 2 aromatic carbocycles. The van der Waals surface area contributed by atoms with E-state index in [0.717, 1.165) is 22.5 Å². The van der Waals surface area contributed by atoms with Crippen LogP contribution in [0.2, 0.25) is 0 Å². The molecule has 0 amide bonds. The third-order valence-corrected chi connectivity index (χ3v) is 4.67. The monoisotopic (exact) mass is 413 g/mol. The van der Waals surface area contributed by atoms with Crippen molar-refractivity contribution < 1.29 is 9.47 Å². The Labute approximate surface area is 181 Å². The van der Waals surface area contributed by atoms with Crippen molar-refractivity contribution in [2.75, 3.05) is 5.01 Å². The molecular formula is C24H23N5O2. The van der Waals surface area contributed by atoms with Gasteiger partial charge in [-0.15, -0.1) is 0 Å². The predicted octanol–water partition coefficient (Wildman–Crippen LogP) is 5.19. The van der Waals surface area contributed by atoms with E-state index in [2.05, 4.69) is 15.5 Å². The number of nitrogens with two attached hydrogens (primary N) is 1. The average Bonchev–Trinajstić information content (AvgIpc) is 2.78. The molecule has 0 unspecified atom stereocenters. The van der Waals surface area contributed by atoms with Crippen LogP contribution in [0.1, 0.15) is 11.1 Å². The second kappa shape index (κ2) is 9.25. The van der Waals surface area contributed by atoms with Gasteiger partial charge in [0.2, 0.25) is 11.8 Å². The lowest BCUT2D eigenvalue weighted by molar-refractivity contribution is 0.462. The number of hydrogen-bond acceptors (Lipinski definition) is 7. The van der Waals surface area contributed by atoms with Crippen LogP contribution >= 0.6 is 0 Å². The van der Waals surface area contributed by atoms with Crippen molar-refractivity contribution in [2.45, 2.75) is 13.8 Å². The number of ether oxygens (including phenoxy) is 2. The van der Waals surface area contributed by atoms with Crippen LogP contribution in [0.3, 0.4) is 0 Å². The van der Waals surface area contributed by atoms with Gasteiger partial charge >= 0.3 is 0 Å². The molecule has 156 valence electrons. The Morgan fingerprint density at radius 1 is 0.710 bits per heavy atom. The minimum atomic E-state index is 0.544. The summed E-state index contributed by atoms with van der Waals surface area (Å²) in [6.45, 7) is 4.00. The maximum absolute atomic E-state index is 5.89. The number of nitrogens with zero attached hydrogens (tertiary/aromatic N) is 3. The molecule has 0 atom stereocenters. The third kappa shape index (κ3) is 4.80. The maximum Gasteiger partial charge on any atom is 0.219 e. The lowest BCUT2D eigenvalue weighted by Crippen LogP contribution is -2.40. The first-order chi connectivity index (χ1) is 15.1. The van der Waals surface area contributed by atoms with Gasteiger partial charge in [-0.25, -0.2) is 9.97 Å². The molecule has 31 heavy (non-hydrogen) atoms. The van der Waals surface area contributed by atoms with E-state index in [1.54, 1.807) is 12.4 Å². The number of pyridine rings is 2. The first-order valence-electron chi connectivity index (χ1n) is 9.79. The van der Waals surface area contributed by atoms with Crippen LogP contribution in [0.15, 0.2) is 85.2 Å². The van der Waals surface area contributed by atoms with Gasteiger partial charge in [0.1, 0.15) is 11.5 Å². The molecule has 2 heterocycles. The molecule has 0 aliphatic heterocycles. The molecule has 0 bridgehead atoms. The van der Waals surface area contributed by atoms with Crippen LogP contribution in [0, 0.1) is 13.8 Å². The Bertz CT molecular complexity index is 1060. The summed E-state index contributed by atoms with van der Waals surface area (Å²) >= 11 is 0. The van der Waals surface area contributed by atoms with E-state index >= 15 is 0 Å². The fourth-order valence-electron chi connectivity index (χ4n) is 3.21. The van der Waals surface area contributed by atoms with Crippen LogP contribution in [0.25, 0.3) is 0 Å². The number of aryl methyl sites for hydroxylation is 2. The number of nitrogens with one attached hydrogen (secondary N) is 1. The summed E-state index contributed by atoms with van der Waals surface area (Å²) in [5.41, 5.74) is 6.55. The minimum Gasteiger partial charge on any atom is -0.439 e. The molecular weight excluding hydrogens is 390 g/mol. The number of benzene rings is 2. The zero-order chi connectivity index (χ0) is 21.6. The number of hydrogen-bond donors (Lipinski definition) is 2. The van der Waals surface area contributed by atoms with Gasteiger partial charge in [-0.3, -0.25) is 10.9 Å². The lowest BCUT2D eigenvalue weighted by Gasteiger charge is -2.27. The number of anilines is 2. The van der Waals surface area contributed by atoms with Crippen LogP contribution in [-0.2, 0) is 0 Å². The number of aromatic nitrogens is 2. The Morgan fingerprint density at radius 3 is 1.55 bits per heavy atom. The molecule has 4 aromatic rings. The smallest absolute Gasteiger partial charge is 0.219 e. The molecule has 4 rings (SSSR count). The molecule has 7 heteroatoms. The van der Waals surface area contributed by atoms with Crippen molar-refractivity contribution in [2.24, 2.45) is 5.84 Å². The first kappa shape index (κ1) is 20.3. The van der Waals surface area contributed by atoms with Crippen molar-refractivity contribution in [1.29, 1.82) is 0 Å². The van der Waals surface area contributed by atoms with Crippen molar-refractivity contribution in [3.05, 3.63) is 96.3 Å². The summed E-state index contributed by atoms with van der Waals surface area (Å²) in [6, 6.07) is 22.7. The van der Waals surface area contributed by atoms with Crippen LogP contribution in [0.4, 0.5) is 11.4 Å². The molecule has 0 fully saturated rings. The van der Waals surface area contributed by atoms with E-state index in [0.29, 0.717) is 23.3 Å². The van der Waals surface area contributed by atoms with E-state index < -0.39 is 0 Å². The Morgan fingerprint density at radius 2 is 1.19 bits per heavy atom. The van der Waals surface area contributed by atoms with Gasteiger partial charge in [-0.05, 0) is 73.5 Å². The van der Waals surface area contributed by atoms with Crippen LogP contribution in [-0.4, -0.2) is 9.97 Å². The standard InChI is InChI=1S/C24H23N5O2/c1-17-15-19(30-23-7-3-5-13-26-23)9-11-21(17)29(28-25)22-12-10-20(16-18(22)2)31-24-8-4-6-14-27-24/h3-16,28H,25H2,1-2H3. The normalized spacial score (nSPS) is 10.5. The Balaban J connectivity index is 1.56. The van der Waals surface area contributed by atoms with Gasteiger partial charge in [-0.1, -0.05) is 12.1 Å². The summed E-state index contributed by atoms with van der Waals surface area (Å²) in [6.07, 6.45) is 3.39. The van der Waals surface area contributed by atoms with E-state index in [4.69, 9.17) is 15.3 Å². The molecule has 0 saturated heterocycles. The molecule has 3 N–H and O–H groups in total. The largest absolute Gasteiger partial charge is 0.439 e. The van der Waals surface area contributed by atoms with Gasteiger partial charge in [0.05, 0.1) is 11.4 Å². The summed E-state index contributed by atoms with van der Waals surface area (Å²) in [7, 11) is 0. The molecule has 0 aliphatic carbocycles. The highest BCUT2D eigenvalue weighted by molar-refractivity contribution is 5.69. The van der Waals surface area contributed by atoms with E-state index in [9.17, 15) is 0 Å². The highest BCUT2D eigenvalue weighted by atomic mass is 16.5. The quantitative estimate of drug-likeness (QED) is 0.318. The molecule has 0 radical (unpaired) electrons. The fourth-order valence-corrected chi connectivity index (χ4v) is 3.21. The molecule has 2 aromatic heterocycles. The fraction of sp³-hybridized carbons (Fsp3) is 0.0833. The third-order valence-electron chi connectivity index (χ3n) is 4.67. The Hall–Kier alpha value is -3.94. The van der Waals surface area contributed by atoms with Crippen LogP contribution < -0.4 is 25.9 Å². The molecule has 0 saturated carbocycles. The van der Waals surface area contributed by atoms with Crippen molar-refractivity contribution in [3.63, 3.8) is 0 Å². The zero-order valence-electron chi connectivity index (χ0n) is 17.3. The van der Waals surface area contributed by atoms with Crippen LogP contribution in [0.5, 0.6) is 23.3 Å². The zero-order valence-corrected chi connectivity index (χ0v) is 17.3. The van der Waals surface area contributed by atoms with E-state index in [1.807, 2.05) is 91.7 Å². The summed E-state index contributed by atoms with van der Waals surface area (Å²) in [5, 5.41) is 1.82. The van der Waals surface area contributed by atoms with Gasteiger partial charge in [-0.2, -0.15) is 5.53 Å². The Kier molecular flexibility index (Phi) is 6.07. The van der Waals surface area contributed by atoms with E-state index in [-0.39, 0.29) is 0 Å². The lowest BCUT2D eigenvalue weighted by atomic mass is 10.1. The molecule has 7 nitrogen and oxygen atoms in total. The summed E-state index contributed by atoms with van der Waals surface area (Å²) < 4.78 is 11.7. The van der Waals surface area contributed by atoms with Crippen molar-refractivity contribution in [1.82, 2.24) is 15.5 Å². The number of rotatable bonds is 7. The SMILES string of the molecule is Cc1cc(Oc2ccccn2)ccc1N(NN)c1ccc(Oc2ccccn2)cc1C. The molecule has 0 aliphatic rings. The van der Waals surface area contributed by atoms with Gasteiger partial charge < -0.3 is 9.47 Å². The minimum absolute atomic E-state index is 0.544. The van der Waals surface area contributed by atoms with Crippen molar-refractivity contribution >= 4 is 11.4 Å². The van der Waals surface area contributed by atoms with Gasteiger partial charge in [0.25, 0.3) is 0 Å². The summed E-state index contributed by atoms with van der Waals surface area (Å²) in [4.78, 5) is 8.39. The highest BCUT2D eigenvalue weighted by Crippen LogP contribution is 2.34. The van der Waals surface area contributed by atoms with Gasteiger partial charge in [0, 0.05) is 24.5 Å². The maximum atomic E-state index is 5.89. The highest BCUT2D eigenvalue weighted by Gasteiger charge is 2.15. The van der Waals surface area contributed by atoms with Crippen molar-refractivity contribution in [3.8, 4) is 23.3 Å². The predicted molar refractivity (Wildman–Crippen MR) is 120 cm³/mol. The average molecular weight is 413 g/mol. The first-order valence-corrected chi connectivity index (χ1v) is 9.79. The second-order valence-electron chi connectivity index (χ2n) is 6.90. The number of hydrazine groups is 2. The van der Waals surface area contributed by atoms with E-state index in [1.165, 1.54) is 0 Å².